The zero-order valence-corrected chi connectivity index (χ0v) is 18.9. The lowest BCUT2D eigenvalue weighted by Gasteiger charge is -2.10. The SMILES string of the molecule is O=C(COC(=O)c1ccc(Br)cc1)c1ccc(-n2nncc2-c2cccc(C(F)(F)F)c2)cc1. The van der Waals surface area contributed by atoms with Gasteiger partial charge in [-0.05, 0) is 60.7 Å². The minimum absolute atomic E-state index is 0.292. The summed E-state index contributed by atoms with van der Waals surface area (Å²) < 4.78 is 46.5. The summed E-state index contributed by atoms with van der Waals surface area (Å²) in [5, 5.41) is 7.77. The van der Waals surface area contributed by atoms with Crippen molar-refractivity contribution in [2.24, 2.45) is 0 Å². The van der Waals surface area contributed by atoms with Crippen LogP contribution in [0.15, 0.2) is 83.5 Å². The van der Waals surface area contributed by atoms with E-state index >= 15 is 0 Å². The van der Waals surface area contributed by atoms with E-state index in [2.05, 4.69) is 26.2 Å². The van der Waals surface area contributed by atoms with E-state index in [1.807, 2.05) is 0 Å². The van der Waals surface area contributed by atoms with Crippen molar-refractivity contribution < 1.29 is 27.5 Å². The molecule has 0 saturated carbocycles. The number of hydrogen-bond donors (Lipinski definition) is 0. The van der Waals surface area contributed by atoms with Crippen molar-refractivity contribution in [2.45, 2.75) is 6.18 Å². The summed E-state index contributed by atoms with van der Waals surface area (Å²) in [5.74, 6) is -1.03. The Morgan fingerprint density at radius 1 is 0.941 bits per heavy atom. The molecule has 1 aromatic heterocycles. The second kappa shape index (κ2) is 9.60. The smallest absolute Gasteiger partial charge is 0.416 e. The Bertz CT molecular complexity index is 1330. The highest BCUT2D eigenvalue weighted by Gasteiger charge is 2.30. The largest absolute Gasteiger partial charge is 0.454 e. The highest BCUT2D eigenvalue weighted by atomic mass is 79.9. The number of ketones is 1. The van der Waals surface area contributed by atoms with Gasteiger partial charge in [-0.25, -0.2) is 9.48 Å². The minimum atomic E-state index is -4.48. The fraction of sp³-hybridized carbons (Fsp3) is 0.0833. The van der Waals surface area contributed by atoms with E-state index in [0.717, 1.165) is 16.6 Å². The van der Waals surface area contributed by atoms with Crippen molar-refractivity contribution in [1.29, 1.82) is 0 Å². The molecular weight excluding hydrogens is 515 g/mol. The molecule has 0 atom stereocenters. The van der Waals surface area contributed by atoms with E-state index in [9.17, 15) is 22.8 Å². The quantitative estimate of drug-likeness (QED) is 0.234. The molecule has 0 bridgehead atoms. The molecule has 0 saturated heterocycles. The number of ether oxygens (including phenoxy) is 1. The molecular formula is C24H15BrF3N3O3. The van der Waals surface area contributed by atoms with Crippen LogP contribution in [0.25, 0.3) is 16.9 Å². The van der Waals surface area contributed by atoms with Crippen molar-refractivity contribution in [1.82, 2.24) is 15.0 Å². The number of hydrogen-bond acceptors (Lipinski definition) is 5. The Labute approximate surface area is 200 Å². The number of nitrogens with zero attached hydrogens (tertiary/aromatic N) is 3. The number of rotatable bonds is 6. The highest BCUT2D eigenvalue weighted by molar-refractivity contribution is 9.10. The van der Waals surface area contributed by atoms with Gasteiger partial charge in [0.1, 0.15) is 0 Å². The molecule has 0 aliphatic rings. The number of Topliss-reactive ketones (excluding diaryl/α,β-unsaturated/α-hetero) is 1. The Kier molecular flexibility index (Phi) is 6.60. The van der Waals surface area contributed by atoms with Gasteiger partial charge in [-0.2, -0.15) is 13.2 Å². The molecule has 0 unspecified atom stereocenters. The predicted octanol–water partition coefficient (Wildman–Crippen LogP) is 5.76. The van der Waals surface area contributed by atoms with Crippen LogP contribution in [0.2, 0.25) is 0 Å². The van der Waals surface area contributed by atoms with Gasteiger partial charge in [0.05, 0.1) is 28.7 Å². The number of halogens is 4. The van der Waals surface area contributed by atoms with Gasteiger partial charge in [0.15, 0.2) is 12.4 Å². The number of carbonyl (C=O) groups is 2. The Balaban J connectivity index is 1.47. The summed E-state index contributed by atoms with van der Waals surface area (Å²) >= 11 is 3.27. The Morgan fingerprint density at radius 3 is 2.29 bits per heavy atom. The fourth-order valence-electron chi connectivity index (χ4n) is 3.15. The van der Waals surface area contributed by atoms with Crippen LogP contribution in [0.5, 0.6) is 0 Å². The van der Waals surface area contributed by atoms with Crippen LogP contribution in [0.1, 0.15) is 26.3 Å². The highest BCUT2D eigenvalue weighted by Crippen LogP contribution is 2.32. The molecule has 3 aromatic carbocycles. The predicted molar refractivity (Wildman–Crippen MR) is 121 cm³/mol. The molecule has 34 heavy (non-hydrogen) atoms. The number of aromatic nitrogens is 3. The molecule has 10 heteroatoms. The van der Waals surface area contributed by atoms with Gasteiger partial charge < -0.3 is 4.74 Å². The van der Waals surface area contributed by atoms with Crippen LogP contribution in [0, 0.1) is 0 Å². The molecule has 4 aromatic rings. The maximum atomic E-state index is 13.1. The lowest BCUT2D eigenvalue weighted by molar-refractivity contribution is -0.137. The third kappa shape index (κ3) is 5.23. The molecule has 0 radical (unpaired) electrons. The number of carbonyl (C=O) groups excluding carboxylic acids is 2. The second-order valence-corrected chi connectivity index (χ2v) is 8.08. The van der Waals surface area contributed by atoms with Crippen LogP contribution in [0.4, 0.5) is 13.2 Å². The van der Waals surface area contributed by atoms with E-state index in [1.54, 1.807) is 36.4 Å². The average Bonchev–Trinajstić information content (AvgIpc) is 3.32. The fourth-order valence-corrected chi connectivity index (χ4v) is 3.41. The zero-order valence-electron chi connectivity index (χ0n) is 17.3. The van der Waals surface area contributed by atoms with Gasteiger partial charge in [0.2, 0.25) is 0 Å². The van der Waals surface area contributed by atoms with Crippen LogP contribution < -0.4 is 0 Å². The van der Waals surface area contributed by atoms with Crippen molar-refractivity contribution in [3.63, 3.8) is 0 Å². The molecule has 1 heterocycles. The van der Waals surface area contributed by atoms with Crippen molar-refractivity contribution >= 4 is 27.7 Å². The molecule has 0 aliphatic carbocycles. The maximum Gasteiger partial charge on any atom is 0.416 e. The van der Waals surface area contributed by atoms with E-state index in [1.165, 1.54) is 35.1 Å². The minimum Gasteiger partial charge on any atom is -0.454 e. The summed E-state index contributed by atoms with van der Waals surface area (Å²) in [4.78, 5) is 24.5. The van der Waals surface area contributed by atoms with Gasteiger partial charge in [-0.15, -0.1) is 5.10 Å². The van der Waals surface area contributed by atoms with Crippen molar-refractivity contribution in [3.05, 3.63) is 100 Å². The first-order valence-corrected chi connectivity index (χ1v) is 10.7. The first-order valence-electron chi connectivity index (χ1n) is 9.87. The van der Waals surface area contributed by atoms with Crippen LogP contribution >= 0.6 is 15.9 Å². The molecule has 4 rings (SSSR count). The van der Waals surface area contributed by atoms with E-state index in [4.69, 9.17) is 4.74 Å². The van der Waals surface area contributed by atoms with E-state index < -0.39 is 30.1 Å². The van der Waals surface area contributed by atoms with Gasteiger partial charge in [-0.1, -0.05) is 33.3 Å². The third-order valence-electron chi connectivity index (χ3n) is 4.88. The van der Waals surface area contributed by atoms with E-state index in [-0.39, 0.29) is 0 Å². The van der Waals surface area contributed by atoms with Crippen molar-refractivity contribution in [3.8, 4) is 16.9 Å². The van der Waals surface area contributed by atoms with Gasteiger partial charge in [0.25, 0.3) is 0 Å². The lowest BCUT2D eigenvalue weighted by atomic mass is 10.1. The van der Waals surface area contributed by atoms with Crippen LogP contribution in [0.3, 0.4) is 0 Å². The van der Waals surface area contributed by atoms with Gasteiger partial charge >= 0.3 is 12.1 Å². The first-order chi connectivity index (χ1) is 16.2. The number of alkyl halides is 3. The van der Waals surface area contributed by atoms with Gasteiger partial charge in [-0.3, -0.25) is 4.79 Å². The van der Waals surface area contributed by atoms with Crippen molar-refractivity contribution in [2.75, 3.05) is 6.61 Å². The monoisotopic (exact) mass is 529 g/mol. The topological polar surface area (TPSA) is 74.1 Å². The second-order valence-electron chi connectivity index (χ2n) is 7.16. The van der Waals surface area contributed by atoms with Crippen LogP contribution in [-0.4, -0.2) is 33.4 Å². The molecule has 0 fully saturated rings. The maximum absolute atomic E-state index is 13.1. The summed E-state index contributed by atoms with van der Waals surface area (Å²) in [6.45, 7) is -0.437. The van der Waals surface area contributed by atoms with E-state index in [0.29, 0.717) is 28.1 Å². The average molecular weight is 530 g/mol. The molecule has 6 nitrogen and oxygen atoms in total. The molecule has 0 spiro atoms. The number of esters is 1. The third-order valence-corrected chi connectivity index (χ3v) is 5.41. The Morgan fingerprint density at radius 2 is 1.62 bits per heavy atom. The van der Waals surface area contributed by atoms with Gasteiger partial charge in [0, 0.05) is 15.6 Å². The van der Waals surface area contributed by atoms with Crippen LogP contribution in [-0.2, 0) is 10.9 Å². The summed E-state index contributed by atoms with van der Waals surface area (Å²) in [5.41, 5.74) is 0.978. The summed E-state index contributed by atoms with van der Waals surface area (Å²) in [7, 11) is 0. The normalized spacial score (nSPS) is 11.3. The Hall–Kier alpha value is -3.79. The summed E-state index contributed by atoms with van der Waals surface area (Å²) in [6, 6.07) is 17.6. The molecule has 0 aliphatic heterocycles. The lowest BCUT2D eigenvalue weighted by Crippen LogP contribution is -2.14. The molecule has 0 amide bonds. The molecule has 172 valence electrons. The first kappa shape index (κ1) is 23.4. The summed E-state index contributed by atoms with van der Waals surface area (Å²) in [6.07, 6.45) is -3.12. The standard InChI is InChI=1S/C24H15BrF3N3O3/c25-19-8-4-16(5-9-19)23(33)34-14-22(32)15-6-10-20(11-7-15)31-21(13-29-30-31)17-2-1-3-18(12-17)24(26,27)28/h1-13H,14H2. The zero-order chi connectivity index (χ0) is 24.3. The number of benzene rings is 3. The molecule has 0 N–H and O–H groups in total.